The average molecular weight is 285 g/mol. The summed E-state index contributed by atoms with van der Waals surface area (Å²) >= 11 is 0. The Morgan fingerprint density at radius 1 is 1.29 bits per heavy atom. The Kier molecular flexibility index (Phi) is 4.34. The van der Waals surface area contributed by atoms with Gasteiger partial charge >= 0.3 is 0 Å². The van der Waals surface area contributed by atoms with Crippen LogP contribution in [0.25, 0.3) is 0 Å². The van der Waals surface area contributed by atoms with Crippen LogP contribution in [0.2, 0.25) is 0 Å². The lowest BCUT2D eigenvalue weighted by Gasteiger charge is -2.27. The van der Waals surface area contributed by atoms with Gasteiger partial charge in [0.15, 0.2) is 5.82 Å². The lowest BCUT2D eigenvalue weighted by molar-refractivity contribution is 0.245. The molecule has 1 fully saturated rings. The van der Waals surface area contributed by atoms with Gasteiger partial charge in [0.25, 0.3) is 0 Å². The van der Waals surface area contributed by atoms with Crippen molar-refractivity contribution < 1.29 is 4.52 Å². The quantitative estimate of drug-likeness (QED) is 0.935. The summed E-state index contributed by atoms with van der Waals surface area (Å²) in [6.45, 7) is 5.39. The zero-order valence-electron chi connectivity index (χ0n) is 12.8. The first-order valence-electron chi connectivity index (χ1n) is 7.86. The van der Waals surface area contributed by atoms with Gasteiger partial charge in [0.05, 0.1) is 6.04 Å². The molecule has 0 aliphatic carbocycles. The Morgan fingerprint density at radius 3 is 2.86 bits per heavy atom. The molecular formula is C17H23N3O. The van der Waals surface area contributed by atoms with Gasteiger partial charge < -0.3 is 9.84 Å². The molecule has 2 aromatic rings. The van der Waals surface area contributed by atoms with Crippen LogP contribution < -0.4 is 5.32 Å². The van der Waals surface area contributed by atoms with Crippen LogP contribution in [0.5, 0.6) is 0 Å². The number of hydrogen-bond donors (Lipinski definition) is 1. The fraction of sp³-hybridized carbons (Fsp3) is 0.529. The second kappa shape index (κ2) is 6.39. The molecule has 1 N–H and O–H groups in total. The summed E-state index contributed by atoms with van der Waals surface area (Å²) in [6, 6.07) is 8.70. The van der Waals surface area contributed by atoms with Crippen LogP contribution in [0.4, 0.5) is 0 Å². The maximum Gasteiger partial charge on any atom is 0.243 e. The fourth-order valence-corrected chi connectivity index (χ4v) is 2.92. The smallest absolute Gasteiger partial charge is 0.243 e. The van der Waals surface area contributed by atoms with Gasteiger partial charge in [-0.05, 0) is 37.8 Å². The van der Waals surface area contributed by atoms with Gasteiger partial charge in [0.2, 0.25) is 5.89 Å². The fourth-order valence-electron chi connectivity index (χ4n) is 2.92. The largest absolute Gasteiger partial charge is 0.338 e. The van der Waals surface area contributed by atoms with E-state index in [9.17, 15) is 0 Å². The van der Waals surface area contributed by atoms with Crippen LogP contribution in [0.15, 0.2) is 28.8 Å². The summed E-state index contributed by atoms with van der Waals surface area (Å²) in [4.78, 5) is 4.58. The maximum absolute atomic E-state index is 5.47. The van der Waals surface area contributed by atoms with Crippen molar-refractivity contribution >= 4 is 0 Å². The van der Waals surface area contributed by atoms with Crippen LogP contribution in [0.1, 0.15) is 55.1 Å². The normalized spacial score (nSPS) is 22.4. The molecule has 4 nitrogen and oxygen atoms in total. The van der Waals surface area contributed by atoms with Crippen molar-refractivity contribution in [2.45, 2.75) is 45.6 Å². The summed E-state index contributed by atoms with van der Waals surface area (Å²) < 4.78 is 5.47. The van der Waals surface area contributed by atoms with Crippen LogP contribution in [-0.2, 0) is 6.42 Å². The van der Waals surface area contributed by atoms with Gasteiger partial charge in [0.1, 0.15) is 0 Å². The maximum atomic E-state index is 5.47. The van der Waals surface area contributed by atoms with E-state index in [0.717, 1.165) is 37.0 Å². The first kappa shape index (κ1) is 14.3. The zero-order chi connectivity index (χ0) is 14.7. The molecule has 3 rings (SSSR count). The molecule has 21 heavy (non-hydrogen) atoms. The molecule has 1 aliphatic rings. The Balaban J connectivity index is 1.67. The molecule has 1 aliphatic heterocycles. The van der Waals surface area contributed by atoms with Crippen molar-refractivity contribution in [3.05, 3.63) is 47.1 Å². The molecule has 112 valence electrons. The number of aromatic nitrogens is 2. The van der Waals surface area contributed by atoms with Gasteiger partial charge in [-0.15, -0.1) is 0 Å². The minimum atomic E-state index is 0.225. The second-order valence-corrected chi connectivity index (χ2v) is 6.02. The predicted molar refractivity (Wildman–Crippen MR) is 82.0 cm³/mol. The number of aryl methyl sites for hydroxylation is 1. The van der Waals surface area contributed by atoms with E-state index in [2.05, 4.69) is 53.6 Å². The predicted octanol–water partition coefficient (Wildman–Crippen LogP) is 3.42. The minimum absolute atomic E-state index is 0.225. The number of benzene rings is 1. The summed E-state index contributed by atoms with van der Waals surface area (Å²) in [5.41, 5.74) is 2.49. The van der Waals surface area contributed by atoms with Crippen LogP contribution in [0.3, 0.4) is 0 Å². The highest BCUT2D eigenvalue weighted by Crippen LogP contribution is 2.28. The third-order valence-corrected chi connectivity index (χ3v) is 4.35. The van der Waals surface area contributed by atoms with E-state index in [1.165, 1.54) is 24.0 Å². The van der Waals surface area contributed by atoms with E-state index >= 15 is 0 Å². The summed E-state index contributed by atoms with van der Waals surface area (Å²) in [7, 11) is 0. The molecule has 2 atom stereocenters. The van der Waals surface area contributed by atoms with Gasteiger partial charge in [-0.25, -0.2) is 0 Å². The highest BCUT2D eigenvalue weighted by atomic mass is 16.5. The SMILES string of the molecule is CCC1CCNC(c2nc(Cc3ccc(C)cc3)no2)C1. The topological polar surface area (TPSA) is 51.0 Å². The van der Waals surface area contributed by atoms with Crippen molar-refractivity contribution in [1.29, 1.82) is 0 Å². The van der Waals surface area contributed by atoms with Crippen molar-refractivity contribution in [2.24, 2.45) is 5.92 Å². The standard InChI is InChI=1S/C17H23N3O/c1-3-13-8-9-18-15(10-13)17-19-16(20-21-17)11-14-6-4-12(2)5-7-14/h4-7,13,15,18H,3,8-11H2,1-2H3. The Morgan fingerprint density at radius 2 is 2.10 bits per heavy atom. The van der Waals surface area contributed by atoms with Crippen molar-refractivity contribution in [3.8, 4) is 0 Å². The van der Waals surface area contributed by atoms with E-state index in [1.807, 2.05) is 0 Å². The monoisotopic (exact) mass is 285 g/mol. The van der Waals surface area contributed by atoms with Crippen LogP contribution in [0, 0.1) is 12.8 Å². The van der Waals surface area contributed by atoms with E-state index in [-0.39, 0.29) is 6.04 Å². The van der Waals surface area contributed by atoms with Gasteiger partial charge in [-0.1, -0.05) is 48.3 Å². The van der Waals surface area contributed by atoms with E-state index in [0.29, 0.717) is 0 Å². The summed E-state index contributed by atoms with van der Waals surface area (Å²) in [5, 5.41) is 7.62. The molecule has 0 bridgehead atoms. The van der Waals surface area contributed by atoms with Crippen LogP contribution >= 0.6 is 0 Å². The Labute approximate surface area is 126 Å². The molecule has 2 unspecified atom stereocenters. The molecular weight excluding hydrogens is 262 g/mol. The Bertz CT molecular complexity index is 576. The zero-order valence-corrected chi connectivity index (χ0v) is 12.8. The number of hydrogen-bond acceptors (Lipinski definition) is 4. The number of nitrogens with zero attached hydrogens (tertiary/aromatic N) is 2. The first-order chi connectivity index (χ1) is 10.2. The van der Waals surface area contributed by atoms with Gasteiger partial charge in [-0.3, -0.25) is 0 Å². The highest BCUT2D eigenvalue weighted by molar-refractivity contribution is 5.23. The minimum Gasteiger partial charge on any atom is -0.338 e. The first-order valence-corrected chi connectivity index (χ1v) is 7.86. The van der Waals surface area contributed by atoms with E-state index in [4.69, 9.17) is 4.52 Å². The molecule has 0 spiro atoms. The molecule has 2 heterocycles. The Hall–Kier alpha value is -1.68. The van der Waals surface area contributed by atoms with Crippen molar-refractivity contribution in [3.63, 3.8) is 0 Å². The summed E-state index contributed by atoms with van der Waals surface area (Å²) in [5.74, 6) is 2.29. The number of piperidine rings is 1. The molecule has 1 saturated heterocycles. The second-order valence-electron chi connectivity index (χ2n) is 6.02. The molecule has 0 amide bonds. The van der Waals surface area contributed by atoms with E-state index in [1.54, 1.807) is 0 Å². The number of nitrogens with one attached hydrogen (secondary N) is 1. The third-order valence-electron chi connectivity index (χ3n) is 4.35. The molecule has 0 saturated carbocycles. The average Bonchev–Trinajstić information content (AvgIpc) is 2.98. The third kappa shape index (κ3) is 3.50. The lowest BCUT2D eigenvalue weighted by atomic mass is 9.90. The molecule has 4 heteroatoms. The van der Waals surface area contributed by atoms with Crippen LogP contribution in [-0.4, -0.2) is 16.7 Å². The number of rotatable bonds is 4. The van der Waals surface area contributed by atoms with Gasteiger partial charge in [-0.2, -0.15) is 4.98 Å². The van der Waals surface area contributed by atoms with Gasteiger partial charge in [0, 0.05) is 6.42 Å². The summed E-state index contributed by atoms with van der Waals surface area (Å²) in [6.07, 6.45) is 4.30. The molecule has 0 radical (unpaired) electrons. The molecule has 1 aromatic carbocycles. The highest BCUT2D eigenvalue weighted by Gasteiger charge is 2.25. The van der Waals surface area contributed by atoms with Crippen molar-refractivity contribution in [2.75, 3.05) is 6.54 Å². The van der Waals surface area contributed by atoms with Crippen molar-refractivity contribution in [1.82, 2.24) is 15.5 Å². The molecule has 1 aromatic heterocycles. The lowest BCUT2D eigenvalue weighted by Crippen LogP contribution is -2.31. The van der Waals surface area contributed by atoms with E-state index < -0.39 is 0 Å².